The minimum Gasteiger partial charge on any atom is -0.378 e. The van der Waals surface area contributed by atoms with Gasteiger partial charge in [0.1, 0.15) is 17.5 Å². The van der Waals surface area contributed by atoms with Gasteiger partial charge in [0.15, 0.2) is 0 Å². The van der Waals surface area contributed by atoms with E-state index in [1.54, 1.807) is 12.1 Å². The van der Waals surface area contributed by atoms with Crippen molar-refractivity contribution in [3.8, 4) is 6.07 Å². The SMILES string of the molecule is Cc1nc(Nc2ccc(N(C)C)cc2)cc(Nc2cccc(C#N)c2)n1. The van der Waals surface area contributed by atoms with Crippen LogP contribution in [-0.4, -0.2) is 24.1 Å². The summed E-state index contributed by atoms with van der Waals surface area (Å²) in [6.07, 6.45) is 0. The van der Waals surface area contributed by atoms with Gasteiger partial charge in [-0.25, -0.2) is 9.97 Å². The van der Waals surface area contributed by atoms with Crippen LogP contribution in [0.25, 0.3) is 0 Å². The monoisotopic (exact) mass is 344 g/mol. The van der Waals surface area contributed by atoms with E-state index in [9.17, 15) is 0 Å². The summed E-state index contributed by atoms with van der Waals surface area (Å²) in [7, 11) is 4.02. The molecule has 26 heavy (non-hydrogen) atoms. The van der Waals surface area contributed by atoms with Crippen LogP contribution in [0, 0.1) is 18.3 Å². The van der Waals surface area contributed by atoms with E-state index < -0.39 is 0 Å². The number of hydrogen-bond acceptors (Lipinski definition) is 6. The first-order valence-corrected chi connectivity index (χ1v) is 8.21. The smallest absolute Gasteiger partial charge is 0.136 e. The maximum Gasteiger partial charge on any atom is 0.136 e. The molecular weight excluding hydrogens is 324 g/mol. The van der Waals surface area contributed by atoms with Gasteiger partial charge in [0, 0.05) is 37.2 Å². The van der Waals surface area contributed by atoms with Crippen molar-refractivity contribution in [2.75, 3.05) is 29.6 Å². The van der Waals surface area contributed by atoms with Crippen LogP contribution in [-0.2, 0) is 0 Å². The fraction of sp³-hybridized carbons (Fsp3) is 0.150. The molecule has 1 aromatic heterocycles. The molecule has 0 aliphatic carbocycles. The van der Waals surface area contributed by atoms with Crippen LogP contribution in [0.4, 0.5) is 28.7 Å². The van der Waals surface area contributed by atoms with Gasteiger partial charge >= 0.3 is 0 Å². The fourth-order valence-corrected chi connectivity index (χ4v) is 2.50. The molecule has 6 heteroatoms. The first-order valence-electron chi connectivity index (χ1n) is 8.21. The van der Waals surface area contributed by atoms with Crippen molar-refractivity contribution in [2.45, 2.75) is 6.92 Å². The molecule has 0 amide bonds. The highest BCUT2D eigenvalue weighted by atomic mass is 15.1. The second kappa shape index (κ2) is 7.53. The van der Waals surface area contributed by atoms with Crippen LogP contribution in [0.3, 0.4) is 0 Å². The van der Waals surface area contributed by atoms with E-state index in [1.807, 2.05) is 63.5 Å². The summed E-state index contributed by atoms with van der Waals surface area (Å²) in [6, 6.07) is 19.4. The number of nitrogens with one attached hydrogen (secondary N) is 2. The van der Waals surface area contributed by atoms with Gasteiger partial charge in [-0.15, -0.1) is 0 Å². The van der Waals surface area contributed by atoms with E-state index >= 15 is 0 Å². The van der Waals surface area contributed by atoms with Gasteiger partial charge in [-0.05, 0) is 49.4 Å². The average molecular weight is 344 g/mol. The molecule has 2 aromatic carbocycles. The minimum absolute atomic E-state index is 0.597. The van der Waals surface area contributed by atoms with E-state index in [1.165, 1.54) is 0 Å². The molecule has 0 aliphatic heterocycles. The maximum atomic E-state index is 9.02. The Kier molecular flexibility index (Phi) is 4.99. The Hall–Kier alpha value is -3.59. The molecule has 0 saturated heterocycles. The number of nitrogens with zero attached hydrogens (tertiary/aromatic N) is 4. The van der Waals surface area contributed by atoms with Gasteiger partial charge in [0.2, 0.25) is 0 Å². The fourth-order valence-electron chi connectivity index (χ4n) is 2.50. The van der Waals surface area contributed by atoms with E-state index in [2.05, 4.69) is 31.6 Å². The molecule has 0 spiro atoms. The molecule has 0 fully saturated rings. The summed E-state index contributed by atoms with van der Waals surface area (Å²) in [5.74, 6) is 2.02. The Balaban J connectivity index is 1.80. The summed E-state index contributed by atoms with van der Waals surface area (Å²) in [4.78, 5) is 10.9. The predicted octanol–water partition coefficient (Wildman–Crippen LogP) is 4.21. The number of aromatic nitrogens is 2. The van der Waals surface area contributed by atoms with Crippen molar-refractivity contribution in [3.05, 3.63) is 66.0 Å². The Morgan fingerprint density at radius 1 is 0.885 bits per heavy atom. The Morgan fingerprint density at radius 3 is 2.15 bits per heavy atom. The number of anilines is 5. The molecule has 0 bridgehead atoms. The van der Waals surface area contributed by atoms with Crippen LogP contribution < -0.4 is 15.5 Å². The predicted molar refractivity (Wildman–Crippen MR) is 105 cm³/mol. The zero-order valence-corrected chi connectivity index (χ0v) is 15.0. The summed E-state index contributed by atoms with van der Waals surface area (Å²) >= 11 is 0. The quantitative estimate of drug-likeness (QED) is 0.722. The van der Waals surface area contributed by atoms with Crippen LogP contribution in [0.1, 0.15) is 11.4 Å². The van der Waals surface area contributed by atoms with E-state index in [0.717, 1.165) is 17.1 Å². The number of aryl methyl sites for hydroxylation is 1. The second-order valence-electron chi connectivity index (χ2n) is 6.07. The third kappa shape index (κ3) is 4.28. The van der Waals surface area contributed by atoms with Crippen LogP contribution in [0.2, 0.25) is 0 Å². The lowest BCUT2D eigenvalue weighted by molar-refractivity contribution is 1.06. The van der Waals surface area contributed by atoms with Crippen molar-refractivity contribution in [3.63, 3.8) is 0 Å². The zero-order chi connectivity index (χ0) is 18.5. The van der Waals surface area contributed by atoms with Crippen LogP contribution in [0.15, 0.2) is 54.6 Å². The lowest BCUT2D eigenvalue weighted by atomic mass is 10.2. The van der Waals surface area contributed by atoms with Crippen molar-refractivity contribution in [2.24, 2.45) is 0 Å². The van der Waals surface area contributed by atoms with Gasteiger partial charge in [-0.3, -0.25) is 0 Å². The van der Waals surface area contributed by atoms with Gasteiger partial charge in [-0.1, -0.05) is 6.07 Å². The highest BCUT2D eigenvalue weighted by molar-refractivity contribution is 5.65. The zero-order valence-electron chi connectivity index (χ0n) is 15.0. The largest absolute Gasteiger partial charge is 0.378 e. The molecule has 2 N–H and O–H groups in total. The van der Waals surface area contributed by atoms with Crippen molar-refractivity contribution < 1.29 is 0 Å². The van der Waals surface area contributed by atoms with Crippen LogP contribution >= 0.6 is 0 Å². The minimum atomic E-state index is 0.597. The number of benzene rings is 2. The van der Waals surface area contributed by atoms with Crippen molar-refractivity contribution in [1.29, 1.82) is 5.26 Å². The van der Waals surface area contributed by atoms with Gasteiger partial charge in [-0.2, -0.15) is 5.26 Å². The molecule has 0 aliphatic rings. The molecule has 1 heterocycles. The standard InChI is InChI=1S/C20H20N6/c1-14-22-19(24-16-7-9-18(10-8-16)26(2)3)12-20(23-14)25-17-6-4-5-15(11-17)13-21/h4-12H,1-3H3,(H2,22,23,24,25). The molecular formula is C20H20N6. The van der Waals surface area contributed by atoms with Crippen molar-refractivity contribution in [1.82, 2.24) is 9.97 Å². The lowest BCUT2D eigenvalue weighted by Crippen LogP contribution is -2.08. The first-order chi connectivity index (χ1) is 12.5. The van der Waals surface area contributed by atoms with Gasteiger partial charge in [0.25, 0.3) is 0 Å². The summed E-state index contributed by atoms with van der Waals surface area (Å²) in [6.45, 7) is 1.84. The summed E-state index contributed by atoms with van der Waals surface area (Å²) < 4.78 is 0. The highest BCUT2D eigenvalue weighted by Gasteiger charge is 2.04. The molecule has 0 atom stereocenters. The Labute approximate surface area is 153 Å². The topological polar surface area (TPSA) is 76.9 Å². The van der Waals surface area contributed by atoms with Gasteiger partial charge in [0.05, 0.1) is 11.6 Å². The molecule has 3 rings (SSSR count). The van der Waals surface area contributed by atoms with Crippen molar-refractivity contribution >= 4 is 28.7 Å². The number of nitriles is 1. The Morgan fingerprint density at radius 2 is 1.54 bits per heavy atom. The van der Waals surface area contributed by atoms with Gasteiger partial charge < -0.3 is 15.5 Å². The number of hydrogen-bond donors (Lipinski definition) is 2. The lowest BCUT2D eigenvalue weighted by Gasteiger charge is -2.14. The van der Waals surface area contributed by atoms with E-state index in [4.69, 9.17) is 5.26 Å². The summed E-state index contributed by atoms with van der Waals surface area (Å²) in [5, 5.41) is 15.5. The highest BCUT2D eigenvalue weighted by Crippen LogP contribution is 2.22. The van der Waals surface area contributed by atoms with Crippen LogP contribution in [0.5, 0.6) is 0 Å². The first kappa shape index (κ1) is 17.2. The molecule has 6 nitrogen and oxygen atoms in total. The maximum absolute atomic E-state index is 9.02. The third-order valence-electron chi connectivity index (χ3n) is 3.76. The van der Waals surface area contributed by atoms with E-state index in [-0.39, 0.29) is 0 Å². The molecule has 0 radical (unpaired) electrons. The van der Waals surface area contributed by atoms with E-state index in [0.29, 0.717) is 23.0 Å². The molecule has 0 unspecified atom stereocenters. The second-order valence-corrected chi connectivity index (χ2v) is 6.07. The third-order valence-corrected chi connectivity index (χ3v) is 3.76. The normalized spacial score (nSPS) is 10.1. The molecule has 130 valence electrons. The average Bonchev–Trinajstić information content (AvgIpc) is 2.62. The Bertz CT molecular complexity index is 941. The number of rotatable bonds is 5. The molecule has 0 saturated carbocycles. The summed E-state index contributed by atoms with van der Waals surface area (Å²) in [5.41, 5.74) is 3.49. The molecule has 3 aromatic rings.